The van der Waals surface area contributed by atoms with E-state index in [1.807, 2.05) is 6.07 Å². The zero-order chi connectivity index (χ0) is 19.2. The molecule has 1 amide bonds. The van der Waals surface area contributed by atoms with Gasteiger partial charge in [0.15, 0.2) is 0 Å². The number of carboxylic acid groups (broad SMARTS) is 1. The molecule has 1 unspecified atom stereocenters. The minimum Gasteiger partial charge on any atom is -0.481 e. The Balaban J connectivity index is 1.69. The molecule has 0 bridgehead atoms. The van der Waals surface area contributed by atoms with E-state index in [1.165, 1.54) is 13.5 Å². The highest BCUT2D eigenvalue weighted by Gasteiger charge is 2.25. The van der Waals surface area contributed by atoms with Crippen LogP contribution in [-0.4, -0.2) is 48.2 Å². The molecule has 1 atom stereocenters. The van der Waals surface area contributed by atoms with Gasteiger partial charge in [0.25, 0.3) is 5.91 Å². The van der Waals surface area contributed by atoms with Gasteiger partial charge < -0.3 is 20.1 Å². The van der Waals surface area contributed by atoms with Gasteiger partial charge in [-0.3, -0.25) is 9.59 Å². The first kappa shape index (κ1) is 19.5. The van der Waals surface area contributed by atoms with Crippen molar-refractivity contribution in [2.75, 3.05) is 25.1 Å². The summed E-state index contributed by atoms with van der Waals surface area (Å²) in [5, 5.41) is 12.1. The van der Waals surface area contributed by atoms with Crippen LogP contribution in [0, 0.1) is 5.92 Å². The minimum absolute atomic E-state index is 0.123. The van der Waals surface area contributed by atoms with Crippen LogP contribution in [-0.2, 0) is 4.79 Å². The number of carbonyl (C=O) groups excluding carboxylic acids is 1. The third-order valence-electron chi connectivity index (χ3n) is 5.53. The number of amides is 1. The Morgan fingerprint density at radius 2 is 2.00 bits per heavy atom. The van der Waals surface area contributed by atoms with Crippen molar-refractivity contribution in [2.24, 2.45) is 5.92 Å². The Bertz CT molecular complexity index is 673. The number of carboxylic acids is 1. The number of anilines is 1. The molecule has 1 aromatic rings. The summed E-state index contributed by atoms with van der Waals surface area (Å²) in [6.07, 6.45) is 7.64. The van der Waals surface area contributed by atoms with Crippen molar-refractivity contribution in [1.82, 2.24) is 10.3 Å². The van der Waals surface area contributed by atoms with Crippen LogP contribution >= 0.6 is 0 Å². The molecule has 3 rings (SSSR count). The van der Waals surface area contributed by atoms with Gasteiger partial charge in [0.2, 0.25) is 5.88 Å². The SMILES string of the molecule is COc1nc(N2CCCC(CC(=O)O)C2)ccc1C(=O)NC1CCCCC1. The number of carbonyl (C=O) groups is 2. The van der Waals surface area contributed by atoms with Crippen LogP contribution < -0.4 is 15.0 Å². The summed E-state index contributed by atoms with van der Waals surface area (Å²) in [5.74, 6) is 0.276. The van der Waals surface area contributed by atoms with E-state index in [4.69, 9.17) is 9.84 Å². The smallest absolute Gasteiger partial charge is 0.303 e. The number of pyridine rings is 1. The van der Waals surface area contributed by atoms with Crippen LogP contribution in [0.5, 0.6) is 5.88 Å². The van der Waals surface area contributed by atoms with Crippen molar-refractivity contribution >= 4 is 17.7 Å². The number of aromatic nitrogens is 1. The summed E-state index contributed by atoms with van der Waals surface area (Å²) in [5.41, 5.74) is 0.450. The molecule has 2 fully saturated rings. The van der Waals surface area contributed by atoms with Crippen molar-refractivity contribution in [2.45, 2.75) is 57.4 Å². The Morgan fingerprint density at radius 3 is 2.70 bits per heavy atom. The van der Waals surface area contributed by atoms with Gasteiger partial charge in [0.05, 0.1) is 7.11 Å². The molecule has 1 aliphatic heterocycles. The van der Waals surface area contributed by atoms with Crippen LogP contribution in [0.2, 0.25) is 0 Å². The van der Waals surface area contributed by atoms with Gasteiger partial charge in [-0.1, -0.05) is 19.3 Å². The lowest BCUT2D eigenvalue weighted by Gasteiger charge is -2.33. The molecule has 1 saturated heterocycles. The van der Waals surface area contributed by atoms with Gasteiger partial charge >= 0.3 is 5.97 Å². The van der Waals surface area contributed by atoms with Crippen LogP contribution in [0.15, 0.2) is 12.1 Å². The summed E-state index contributed by atoms with van der Waals surface area (Å²) in [7, 11) is 1.52. The van der Waals surface area contributed by atoms with E-state index in [2.05, 4.69) is 15.2 Å². The second kappa shape index (κ2) is 9.06. The first-order chi connectivity index (χ1) is 13.1. The van der Waals surface area contributed by atoms with Crippen molar-refractivity contribution in [3.8, 4) is 5.88 Å². The third kappa shape index (κ3) is 5.11. The zero-order valence-electron chi connectivity index (χ0n) is 15.9. The lowest BCUT2D eigenvalue weighted by atomic mass is 9.95. The number of methoxy groups -OCH3 is 1. The topological polar surface area (TPSA) is 91.8 Å². The number of nitrogens with one attached hydrogen (secondary N) is 1. The highest BCUT2D eigenvalue weighted by atomic mass is 16.5. The maximum absolute atomic E-state index is 12.6. The van der Waals surface area contributed by atoms with E-state index in [0.29, 0.717) is 18.0 Å². The van der Waals surface area contributed by atoms with Gasteiger partial charge in [-0.2, -0.15) is 4.98 Å². The monoisotopic (exact) mass is 375 g/mol. The summed E-state index contributed by atoms with van der Waals surface area (Å²) in [4.78, 5) is 30.3. The number of hydrogen-bond acceptors (Lipinski definition) is 5. The minimum atomic E-state index is -0.762. The molecule has 0 aromatic carbocycles. The fourth-order valence-corrected chi connectivity index (χ4v) is 4.13. The Morgan fingerprint density at radius 1 is 1.22 bits per heavy atom. The van der Waals surface area contributed by atoms with Crippen LogP contribution in [0.4, 0.5) is 5.82 Å². The molecule has 2 aliphatic rings. The van der Waals surface area contributed by atoms with Crippen LogP contribution in [0.3, 0.4) is 0 Å². The number of nitrogens with zero attached hydrogens (tertiary/aromatic N) is 2. The largest absolute Gasteiger partial charge is 0.481 e. The lowest BCUT2D eigenvalue weighted by Crippen LogP contribution is -2.37. The van der Waals surface area contributed by atoms with E-state index >= 15 is 0 Å². The predicted octanol–water partition coefficient (Wildman–Crippen LogP) is 2.84. The quantitative estimate of drug-likeness (QED) is 0.794. The van der Waals surface area contributed by atoms with Gasteiger partial charge in [0.1, 0.15) is 11.4 Å². The van der Waals surface area contributed by atoms with Crippen molar-refractivity contribution in [3.63, 3.8) is 0 Å². The average molecular weight is 375 g/mol. The first-order valence-electron chi connectivity index (χ1n) is 9.89. The molecule has 2 heterocycles. The molecular formula is C20H29N3O4. The van der Waals surface area contributed by atoms with E-state index in [0.717, 1.165) is 50.9 Å². The Kier molecular flexibility index (Phi) is 6.53. The lowest BCUT2D eigenvalue weighted by molar-refractivity contribution is -0.138. The molecule has 1 aliphatic carbocycles. The molecule has 2 N–H and O–H groups in total. The molecule has 148 valence electrons. The van der Waals surface area contributed by atoms with Gasteiger partial charge in [0, 0.05) is 25.6 Å². The standard InChI is InChI=1S/C20H29N3O4/c1-27-20-16(19(26)21-15-7-3-2-4-8-15)9-10-17(22-20)23-11-5-6-14(13-23)12-18(24)25/h9-10,14-15H,2-8,11-13H2,1H3,(H,21,26)(H,24,25). The number of piperidine rings is 1. The number of ether oxygens (including phenoxy) is 1. The van der Waals surface area contributed by atoms with Crippen LogP contribution in [0.1, 0.15) is 61.7 Å². The van der Waals surface area contributed by atoms with Gasteiger partial charge in [-0.25, -0.2) is 0 Å². The van der Waals surface area contributed by atoms with Gasteiger partial charge in [-0.15, -0.1) is 0 Å². The number of aliphatic carboxylic acids is 1. The molecule has 1 saturated carbocycles. The summed E-state index contributed by atoms with van der Waals surface area (Å²) in [6, 6.07) is 3.83. The molecular weight excluding hydrogens is 346 g/mol. The molecule has 27 heavy (non-hydrogen) atoms. The first-order valence-corrected chi connectivity index (χ1v) is 9.89. The van der Waals surface area contributed by atoms with Crippen molar-refractivity contribution in [3.05, 3.63) is 17.7 Å². The molecule has 0 spiro atoms. The fourth-order valence-electron chi connectivity index (χ4n) is 4.13. The second-order valence-corrected chi connectivity index (χ2v) is 7.59. The van der Waals surface area contributed by atoms with E-state index in [1.54, 1.807) is 6.07 Å². The molecule has 7 nitrogen and oxygen atoms in total. The Hall–Kier alpha value is -2.31. The van der Waals surface area contributed by atoms with Crippen LogP contribution in [0.25, 0.3) is 0 Å². The second-order valence-electron chi connectivity index (χ2n) is 7.59. The third-order valence-corrected chi connectivity index (χ3v) is 5.53. The summed E-state index contributed by atoms with van der Waals surface area (Å²) < 4.78 is 5.39. The van der Waals surface area contributed by atoms with E-state index in [-0.39, 0.29) is 24.3 Å². The summed E-state index contributed by atoms with van der Waals surface area (Å²) in [6.45, 7) is 1.50. The maximum atomic E-state index is 12.6. The highest BCUT2D eigenvalue weighted by Crippen LogP contribution is 2.27. The van der Waals surface area contributed by atoms with E-state index < -0.39 is 5.97 Å². The van der Waals surface area contributed by atoms with E-state index in [9.17, 15) is 9.59 Å². The maximum Gasteiger partial charge on any atom is 0.303 e. The summed E-state index contributed by atoms with van der Waals surface area (Å²) >= 11 is 0. The zero-order valence-corrected chi connectivity index (χ0v) is 15.9. The normalized spacial score (nSPS) is 20.9. The number of rotatable bonds is 6. The number of hydrogen-bond donors (Lipinski definition) is 2. The predicted molar refractivity (Wildman–Crippen MR) is 102 cm³/mol. The Labute approximate surface area is 160 Å². The average Bonchev–Trinajstić information content (AvgIpc) is 2.68. The molecule has 7 heteroatoms. The van der Waals surface area contributed by atoms with Crippen molar-refractivity contribution in [1.29, 1.82) is 0 Å². The molecule has 0 radical (unpaired) electrons. The molecule has 1 aromatic heterocycles. The fraction of sp³-hybridized carbons (Fsp3) is 0.650. The van der Waals surface area contributed by atoms with Gasteiger partial charge in [-0.05, 0) is 43.7 Å². The highest BCUT2D eigenvalue weighted by molar-refractivity contribution is 5.96. The van der Waals surface area contributed by atoms with Crippen molar-refractivity contribution < 1.29 is 19.4 Å².